The maximum Gasteiger partial charge on any atom is 0.257 e. The van der Waals surface area contributed by atoms with Crippen molar-refractivity contribution in [2.75, 3.05) is 6.54 Å². The molecule has 0 spiro atoms. The van der Waals surface area contributed by atoms with Crippen molar-refractivity contribution in [1.82, 2.24) is 4.90 Å². The van der Waals surface area contributed by atoms with E-state index in [9.17, 15) is 9.18 Å². The highest BCUT2D eigenvalue weighted by Gasteiger charge is 2.28. The maximum absolute atomic E-state index is 13.7. The highest BCUT2D eigenvalue weighted by Crippen LogP contribution is 2.24. The summed E-state index contributed by atoms with van der Waals surface area (Å²) in [5, 5.41) is 0. The van der Waals surface area contributed by atoms with E-state index in [1.165, 1.54) is 12.1 Å². The molecule has 98 valence electrons. The number of likely N-dealkylation sites (tertiary alicyclic amines) is 1. The van der Waals surface area contributed by atoms with Gasteiger partial charge in [-0.25, -0.2) is 4.39 Å². The van der Waals surface area contributed by atoms with E-state index in [0.29, 0.717) is 17.4 Å². The fourth-order valence-corrected chi connectivity index (χ4v) is 2.61. The smallest absolute Gasteiger partial charge is 0.257 e. The van der Waals surface area contributed by atoms with E-state index in [4.69, 9.17) is 0 Å². The van der Waals surface area contributed by atoms with E-state index < -0.39 is 5.82 Å². The van der Waals surface area contributed by atoms with Crippen LogP contribution in [0.25, 0.3) is 0 Å². The Morgan fingerprint density at radius 2 is 2.11 bits per heavy atom. The highest BCUT2D eigenvalue weighted by atomic mass is 32.1. The molecule has 0 aromatic heterocycles. The van der Waals surface area contributed by atoms with Crippen LogP contribution in [0.3, 0.4) is 0 Å². The van der Waals surface area contributed by atoms with Crippen LogP contribution in [0.15, 0.2) is 23.1 Å². The van der Waals surface area contributed by atoms with Gasteiger partial charge in [0.05, 0.1) is 5.56 Å². The summed E-state index contributed by atoms with van der Waals surface area (Å²) in [5.74, 6) is -0.210. The van der Waals surface area contributed by atoms with E-state index in [2.05, 4.69) is 19.6 Å². The number of rotatable bonds is 1. The van der Waals surface area contributed by atoms with Crippen LogP contribution < -0.4 is 0 Å². The van der Waals surface area contributed by atoms with Gasteiger partial charge < -0.3 is 4.90 Å². The number of hydrogen-bond acceptors (Lipinski definition) is 2. The SMILES string of the molecule is CC1CCC(C)N(C(=O)c2cc(S)ccc2F)C1. The van der Waals surface area contributed by atoms with Crippen molar-refractivity contribution in [1.29, 1.82) is 0 Å². The van der Waals surface area contributed by atoms with E-state index >= 15 is 0 Å². The largest absolute Gasteiger partial charge is 0.336 e. The molecule has 1 aromatic carbocycles. The van der Waals surface area contributed by atoms with E-state index in [-0.39, 0.29) is 17.5 Å². The second-order valence-electron chi connectivity index (χ2n) is 5.15. The average molecular weight is 267 g/mol. The predicted molar refractivity (Wildman–Crippen MR) is 72.5 cm³/mol. The molecule has 0 aliphatic carbocycles. The van der Waals surface area contributed by atoms with Gasteiger partial charge in [-0.15, -0.1) is 12.6 Å². The van der Waals surface area contributed by atoms with E-state index in [0.717, 1.165) is 12.8 Å². The van der Waals surface area contributed by atoms with Crippen molar-refractivity contribution in [3.05, 3.63) is 29.6 Å². The summed E-state index contributed by atoms with van der Waals surface area (Å²) in [7, 11) is 0. The summed E-state index contributed by atoms with van der Waals surface area (Å²) >= 11 is 4.16. The summed E-state index contributed by atoms with van der Waals surface area (Å²) in [6.45, 7) is 4.85. The van der Waals surface area contributed by atoms with Crippen LogP contribution in [0, 0.1) is 11.7 Å². The lowest BCUT2D eigenvalue weighted by atomic mass is 9.94. The third kappa shape index (κ3) is 2.69. The molecule has 4 heteroatoms. The summed E-state index contributed by atoms with van der Waals surface area (Å²) < 4.78 is 13.7. The fourth-order valence-electron chi connectivity index (χ4n) is 2.40. The molecule has 1 aromatic rings. The lowest BCUT2D eigenvalue weighted by Gasteiger charge is -2.37. The minimum atomic E-state index is -0.469. The Kier molecular flexibility index (Phi) is 3.95. The number of piperidine rings is 1. The first-order chi connectivity index (χ1) is 8.49. The van der Waals surface area contributed by atoms with Crippen LogP contribution in [0.1, 0.15) is 37.0 Å². The van der Waals surface area contributed by atoms with Crippen LogP contribution in [0.5, 0.6) is 0 Å². The Bertz CT molecular complexity index is 463. The van der Waals surface area contributed by atoms with Crippen LogP contribution >= 0.6 is 12.6 Å². The summed E-state index contributed by atoms with van der Waals surface area (Å²) in [4.78, 5) is 14.8. The van der Waals surface area contributed by atoms with Crippen molar-refractivity contribution in [3.8, 4) is 0 Å². The molecule has 1 heterocycles. The maximum atomic E-state index is 13.7. The van der Waals surface area contributed by atoms with Gasteiger partial charge in [-0.1, -0.05) is 6.92 Å². The van der Waals surface area contributed by atoms with Gasteiger partial charge in [0.2, 0.25) is 0 Å². The fraction of sp³-hybridized carbons (Fsp3) is 0.500. The topological polar surface area (TPSA) is 20.3 Å². The van der Waals surface area contributed by atoms with Gasteiger partial charge in [0.25, 0.3) is 5.91 Å². The molecular formula is C14H18FNOS. The Morgan fingerprint density at radius 1 is 1.39 bits per heavy atom. The predicted octanol–water partition coefficient (Wildman–Crippen LogP) is 3.38. The lowest BCUT2D eigenvalue weighted by Crippen LogP contribution is -2.45. The molecule has 18 heavy (non-hydrogen) atoms. The average Bonchev–Trinajstić information content (AvgIpc) is 2.34. The van der Waals surface area contributed by atoms with Gasteiger partial charge in [-0.3, -0.25) is 4.79 Å². The number of nitrogens with zero attached hydrogens (tertiary/aromatic N) is 1. The second-order valence-corrected chi connectivity index (χ2v) is 5.67. The van der Waals surface area contributed by atoms with Crippen molar-refractivity contribution in [3.63, 3.8) is 0 Å². The van der Waals surface area contributed by atoms with E-state index in [1.807, 2.05) is 6.92 Å². The number of halogens is 1. The quantitative estimate of drug-likeness (QED) is 0.773. The van der Waals surface area contributed by atoms with Crippen molar-refractivity contribution in [2.24, 2.45) is 5.92 Å². The Balaban J connectivity index is 2.27. The molecule has 1 aliphatic rings. The van der Waals surface area contributed by atoms with Gasteiger partial charge in [0.1, 0.15) is 5.82 Å². The van der Waals surface area contributed by atoms with Crippen molar-refractivity contribution in [2.45, 2.75) is 37.6 Å². The number of amides is 1. The van der Waals surface area contributed by atoms with Gasteiger partial charge in [-0.2, -0.15) is 0 Å². The molecule has 2 nitrogen and oxygen atoms in total. The van der Waals surface area contributed by atoms with Crippen molar-refractivity contribution >= 4 is 18.5 Å². The first-order valence-electron chi connectivity index (χ1n) is 6.28. The monoisotopic (exact) mass is 267 g/mol. The Morgan fingerprint density at radius 3 is 2.83 bits per heavy atom. The molecular weight excluding hydrogens is 249 g/mol. The number of thiol groups is 1. The summed E-state index contributed by atoms with van der Waals surface area (Å²) in [6, 6.07) is 4.54. The van der Waals surface area contributed by atoms with Gasteiger partial charge >= 0.3 is 0 Å². The second kappa shape index (κ2) is 5.31. The normalized spacial score (nSPS) is 24.1. The van der Waals surface area contributed by atoms with Crippen LogP contribution in [0.4, 0.5) is 4.39 Å². The molecule has 0 bridgehead atoms. The molecule has 1 saturated heterocycles. The third-order valence-corrected chi connectivity index (χ3v) is 3.84. The Labute approximate surface area is 113 Å². The van der Waals surface area contributed by atoms with Crippen LogP contribution in [0.2, 0.25) is 0 Å². The summed E-state index contributed by atoms with van der Waals surface area (Å²) in [6.07, 6.45) is 2.11. The van der Waals surface area contributed by atoms with E-state index in [1.54, 1.807) is 11.0 Å². The minimum absolute atomic E-state index is 0.128. The van der Waals surface area contributed by atoms with Gasteiger partial charge in [-0.05, 0) is 43.9 Å². The molecule has 1 aliphatic heterocycles. The zero-order valence-corrected chi connectivity index (χ0v) is 11.6. The Hall–Kier alpha value is -1.03. The zero-order valence-electron chi connectivity index (χ0n) is 10.7. The number of hydrogen-bond donors (Lipinski definition) is 1. The van der Waals surface area contributed by atoms with Crippen LogP contribution in [-0.2, 0) is 0 Å². The molecule has 1 fully saturated rings. The van der Waals surface area contributed by atoms with Crippen LogP contribution in [-0.4, -0.2) is 23.4 Å². The molecule has 0 saturated carbocycles. The third-order valence-electron chi connectivity index (χ3n) is 3.56. The van der Waals surface area contributed by atoms with Crippen molar-refractivity contribution < 1.29 is 9.18 Å². The molecule has 0 N–H and O–H groups in total. The molecule has 1 amide bonds. The minimum Gasteiger partial charge on any atom is -0.336 e. The highest BCUT2D eigenvalue weighted by molar-refractivity contribution is 7.80. The molecule has 0 radical (unpaired) electrons. The molecule has 2 atom stereocenters. The number of carbonyl (C=O) groups is 1. The molecule has 2 unspecified atom stereocenters. The summed E-state index contributed by atoms with van der Waals surface area (Å²) in [5.41, 5.74) is 0.128. The van der Waals surface area contributed by atoms with Gasteiger partial charge in [0, 0.05) is 17.5 Å². The first-order valence-corrected chi connectivity index (χ1v) is 6.73. The number of benzene rings is 1. The number of carbonyl (C=O) groups excluding carboxylic acids is 1. The zero-order chi connectivity index (χ0) is 13.3. The van der Waals surface area contributed by atoms with Gasteiger partial charge in [0.15, 0.2) is 0 Å². The first kappa shape index (κ1) is 13.4. The molecule has 2 rings (SSSR count). The lowest BCUT2D eigenvalue weighted by molar-refractivity contribution is 0.0569. The standard InChI is InChI=1S/C14H18FNOS/c1-9-3-4-10(2)16(8-9)14(17)12-7-11(18)5-6-13(12)15/h5-7,9-10,18H,3-4,8H2,1-2H3.